The van der Waals surface area contributed by atoms with E-state index in [4.69, 9.17) is 5.73 Å². The highest BCUT2D eigenvalue weighted by atomic mass is 15.2. The molecule has 0 amide bonds. The molecule has 86 valence electrons. The Morgan fingerprint density at radius 3 is 2.62 bits per heavy atom. The Balaban J connectivity index is 1.68. The molecular formula is C13H19N3. The monoisotopic (exact) mass is 217 g/mol. The third kappa shape index (κ3) is 1.93. The van der Waals surface area contributed by atoms with Gasteiger partial charge in [-0.2, -0.15) is 0 Å². The van der Waals surface area contributed by atoms with Crippen LogP contribution in [0.15, 0.2) is 24.3 Å². The smallest absolute Gasteiger partial charge is 0.0314 e. The van der Waals surface area contributed by atoms with Crippen molar-refractivity contribution < 1.29 is 0 Å². The van der Waals surface area contributed by atoms with Gasteiger partial charge in [-0.3, -0.25) is 4.90 Å². The fourth-order valence-electron chi connectivity index (χ4n) is 2.85. The predicted octanol–water partition coefficient (Wildman–Crippen LogP) is 1.20. The lowest BCUT2D eigenvalue weighted by atomic mass is 9.92. The van der Waals surface area contributed by atoms with E-state index in [0.29, 0.717) is 0 Å². The van der Waals surface area contributed by atoms with Crippen molar-refractivity contribution in [3.63, 3.8) is 0 Å². The molecule has 0 radical (unpaired) electrons. The lowest BCUT2D eigenvalue weighted by Gasteiger charge is -2.46. The fraction of sp³-hybridized carbons (Fsp3) is 0.538. The van der Waals surface area contributed by atoms with Crippen LogP contribution in [-0.2, 0) is 6.54 Å². The molecule has 4 rings (SSSR count). The highest BCUT2D eigenvalue weighted by Crippen LogP contribution is 2.24. The summed E-state index contributed by atoms with van der Waals surface area (Å²) in [5, 5.41) is 3.58. The second-order valence-corrected chi connectivity index (χ2v) is 5.01. The average Bonchev–Trinajstić information content (AvgIpc) is 2.34. The number of piperazine rings is 1. The summed E-state index contributed by atoms with van der Waals surface area (Å²) < 4.78 is 0. The molecule has 3 heterocycles. The Morgan fingerprint density at radius 2 is 2.06 bits per heavy atom. The topological polar surface area (TPSA) is 41.3 Å². The van der Waals surface area contributed by atoms with Gasteiger partial charge in [0.1, 0.15) is 0 Å². The highest BCUT2D eigenvalue weighted by molar-refractivity contribution is 5.39. The average molecular weight is 217 g/mol. The van der Waals surface area contributed by atoms with Gasteiger partial charge in [0.2, 0.25) is 0 Å². The second-order valence-electron chi connectivity index (χ2n) is 5.01. The normalized spacial score (nSPS) is 29.5. The van der Waals surface area contributed by atoms with Crippen molar-refractivity contribution in [1.29, 1.82) is 0 Å². The molecule has 2 unspecified atom stereocenters. The third-order valence-corrected chi connectivity index (χ3v) is 3.83. The van der Waals surface area contributed by atoms with E-state index < -0.39 is 0 Å². The van der Waals surface area contributed by atoms with E-state index in [1.807, 2.05) is 12.1 Å². The second kappa shape index (κ2) is 4.07. The summed E-state index contributed by atoms with van der Waals surface area (Å²) in [5.74, 6) is 0. The molecule has 2 bridgehead atoms. The van der Waals surface area contributed by atoms with Crippen molar-refractivity contribution >= 4 is 5.69 Å². The number of nitrogen functional groups attached to an aromatic ring is 1. The molecule has 3 saturated heterocycles. The molecule has 3 fully saturated rings. The van der Waals surface area contributed by atoms with E-state index in [2.05, 4.69) is 22.3 Å². The van der Waals surface area contributed by atoms with Crippen LogP contribution in [0.25, 0.3) is 0 Å². The summed E-state index contributed by atoms with van der Waals surface area (Å²) in [6.45, 7) is 3.44. The van der Waals surface area contributed by atoms with E-state index in [1.165, 1.54) is 31.5 Å². The van der Waals surface area contributed by atoms with Crippen LogP contribution in [0.1, 0.15) is 18.4 Å². The largest absolute Gasteiger partial charge is 0.399 e. The molecule has 3 nitrogen and oxygen atoms in total. The van der Waals surface area contributed by atoms with Crippen LogP contribution in [0.2, 0.25) is 0 Å². The summed E-state index contributed by atoms with van der Waals surface area (Å²) in [6.07, 6.45) is 2.70. The van der Waals surface area contributed by atoms with E-state index in [1.54, 1.807) is 0 Å². The van der Waals surface area contributed by atoms with Gasteiger partial charge in [0, 0.05) is 37.4 Å². The van der Waals surface area contributed by atoms with Crippen molar-refractivity contribution in [2.24, 2.45) is 0 Å². The van der Waals surface area contributed by atoms with Gasteiger partial charge in [0.05, 0.1) is 0 Å². The number of benzene rings is 1. The molecule has 3 aliphatic rings. The number of anilines is 1. The van der Waals surface area contributed by atoms with Crippen LogP contribution < -0.4 is 11.1 Å². The van der Waals surface area contributed by atoms with Crippen LogP contribution in [0.4, 0.5) is 5.69 Å². The quantitative estimate of drug-likeness (QED) is 0.732. The Morgan fingerprint density at radius 1 is 1.25 bits per heavy atom. The zero-order chi connectivity index (χ0) is 11.0. The summed E-state index contributed by atoms with van der Waals surface area (Å²) in [4.78, 5) is 2.61. The molecule has 0 aliphatic carbocycles. The van der Waals surface area contributed by atoms with Gasteiger partial charge in [0.25, 0.3) is 0 Å². The number of nitrogens with one attached hydrogen (secondary N) is 1. The van der Waals surface area contributed by atoms with Gasteiger partial charge in [-0.25, -0.2) is 0 Å². The Kier molecular flexibility index (Phi) is 2.58. The number of rotatable bonds is 2. The summed E-state index contributed by atoms with van der Waals surface area (Å²) in [7, 11) is 0. The predicted molar refractivity (Wildman–Crippen MR) is 66.1 cm³/mol. The fourth-order valence-corrected chi connectivity index (χ4v) is 2.85. The molecule has 3 heteroatoms. The van der Waals surface area contributed by atoms with Crippen LogP contribution in [-0.4, -0.2) is 30.1 Å². The zero-order valence-corrected chi connectivity index (χ0v) is 9.52. The van der Waals surface area contributed by atoms with E-state index >= 15 is 0 Å². The summed E-state index contributed by atoms with van der Waals surface area (Å²) >= 11 is 0. The Bertz CT molecular complexity index is 352. The number of hydrogen-bond acceptors (Lipinski definition) is 3. The van der Waals surface area contributed by atoms with E-state index in [-0.39, 0.29) is 0 Å². The summed E-state index contributed by atoms with van der Waals surface area (Å²) in [6, 6.07) is 9.74. The number of fused-ring (bicyclic) bond motifs is 3. The van der Waals surface area contributed by atoms with Crippen molar-refractivity contribution in [2.45, 2.75) is 31.5 Å². The zero-order valence-electron chi connectivity index (χ0n) is 9.52. The van der Waals surface area contributed by atoms with Crippen molar-refractivity contribution in [1.82, 2.24) is 10.2 Å². The van der Waals surface area contributed by atoms with E-state index in [0.717, 1.165) is 24.3 Å². The van der Waals surface area contributed by atoms with Crippen LogP contribution in [0.5, 0.6) is 0 Å². The summed E-state index contributed by atoms with van der Waals surface area (Å²) in [5.41, 5.74) is 7.93. The van der Waals surface area contributed by atoms with Gasteiger partial charge in [-0.05, 0) is 30.5 Å². The minimum absolute atomic E-state index is 0.721. The molecule has 3 aliphatic heterocycles. The molecule has 1 aromatic carbocycles. The van der Waals surface area contributed by atoms with Gasteiger partial charge in [-0.15, -0.1) is 0 Å². The molecule has 3 N–H and O–H groups in total. The third-order valence-electron chi connectivity index (χ3n) is 3.83. The SMILES string of the molecule is Nc1ccc(CN2CC3CCC2CN3)cc1. The Labute approximate surface area is 96.6 Å². The van der Waals surface area contributed by atoms with Gasteiger partial charge in [0.15, 0.2) is 0 Å². The van der Waals surface area contributed by atoms with Crippen molar-refractivity contribution in [3.05, 3.63) is 29.8 Å². The Hall–Kier alpha value is -1.06. The van der Waals surface area contributed by atoms with Crippen LogP contribution in [0.3, 0.4) is 0 Å². The number of piperidine rings is 2. The lowest BCUT2D eigenvalue weighted by Crippen LogP contribution is -2.60. The van der Waals surface area contributed by atoms with E-state index in [9.17, 15) is 0 Å². The molecule has 0 saturated carbocycles. The number of hydrogen-bond donors (Lipinski definition) is 2. The first-order valence-corrected chi connectivity index (χ1v) is 6.13. The molecule has 0 aromatic heterocycles. The molecule has 1 aromatic rings. The minimum atomic E-state index is 0.721. The van der Waals surface area contributed by atoms with Gasteiger partial charge in [-0.1, -0.05) is 12.1 Å². The van der Waals surface area contributed by atoms with Crippen LogP contribution in [0, 0.1) is 0 Å². The maximum absolute atomic E-state index is 5.70. The highest BCUT2D eigenvalue weighted by Gasteiger charge is 2.32. The number of nitrogens with two attached hydrogens (primary N) is 1. The first kappa shape index (κ1) is 10.1. The first-order chi connectivity index (χ1) is 7.81. The molecular weight excluding hydrogens is 198 g/mol. The van der Waals surface area contributed by atoms with Crippen molar-refractivity contribution in [2.75, 3.05) is 18.8 Å². The maximum atomic E-state index is 5.70. The molecule has 16 heavy (non-hydrogen) atoms. The minimum Gasteiger partial charge on any atom is -0.399 e. The lowest BCUT2D eigenvalue weighted by molar-refractivity contribution is 0.0685. The number of nitrogens with zero attached hydrogens (tertiary/aromatic N) is 1. The van der Waals surface area contributed by atoms with Crippen molar-refractivity contribution in [3.8, 4) is 0 Å². The molecule has 0 spiro atoms. The molecule has 2 atom stereocenters. The first-order valence-electron chi connectivity index (χ1n) is 6.13. The standard InChI is InChI=1S/C13H19N3/c14-11-3-1-10(2-4-11)8-16-9-12-5-6-13(16)7-15-12/h1-4,12-13,15H,5-9,14H2. The maximum Gasteiger partial charge on any atom is 0.0314 e. The van der Waals surface area contributed by atoms with Gasteiger partial charge >= 0.3 is 0 Å². The van der Waals surface area contributed by atoms with Gasteiger partial charge < -0.3 is 11.1 Å². The van der Waals surface area contributed by atoms with Crippen LogP contribution >= 0.6 is 0 Å².